The van der Waals surface area contributed by atoms with E-state index >= 15 is 0 Å². The highest BCUT2D eigenvalue weighted by atomic mass is 32.1. The van der Waals surface area contributed by atoms with E-state index in [9.17, 15) is 15.2 Å². The maximum Gasteiger partial charge on any atom is 0.346 e. The largest absolute Gasteiger partial charge is 0.494 e. The number of thiophene rings is 2. The molecule has 4 heterocycles. The lowest BCUT2D eigenvalue weighted by Crippen LogP contribution is -2.10. The Bertz CT molecular complexity index is 3390. The number of carboxylic acid groups (broad SMARTS) is 1. The summed E-state index contributed by atoms with van der Waals surface area (Å²) < 4.78 is 24.2. The molecule has 0 aliphatic carbocycles. The molecule has 1 N–H and O–H groups in total. The van der Waals surface area contributed by atoms with Crippen molar-refractivity contribution < 1.29 is 19.4 Å². The lowest BCUT2D eigenvalue weighted by molar-refractivity contribution is -0.132. The van der Waals surface area contributed by atoms with Crippen molar-refractivity contribution in [3.8, 4) is 39.1 Å². The molecule has 75 heavy (non-hydrogen) atoms. The number of nitrogens with zero attached hydrogens (tertiary/aromatic N) is 6. The van der Waals surface area contributed by atoms with Crippen LogP contribution in [-0.4, -0.2) is 43.0 Å². The second kappa shape index (κ2) is 25.7. The van der Waals surface area contributed by atoms with Gasteiger partial charge in [0.1, 0.15) is 34.2 Å². The Balaban J connectivity index is 1.08. The van der Waals surface area contributed by atoms with Crippen LogP contribution in [0.15, 0.2) is 103 Å². The summed E-state index contributed by atoms with van der Waals surface area (Å²) in [4.78, 5) is 26.9. The van der Waals surface area contributed by atoms with E-state index in [1.54, 1.807) is 11.3 Å². The number of ether oxygens (including phenoxy) is 2. The summed E-state index contributed by atoms with van der Waals surface area (Å²) in [6, 6.07) is 35.8. The molecular formula is C62H66N6O4S3. The van der Waals surface area contributed by atoms with Gasteiger partial charge in [-0.2, -0.15) is 14.0 Å². The standard InChI is InChI=1S/C62H66N6O4S3/c1-5-9-13-17-35-71-46-29-25-44(26-30-46)68(45-27-31-47(32-28-45)72-36-18-14-10-6-2)43-23-21-41(22-24-43)49-33-34-50(59-58(49)66-75-67-59)55-39-52-57-56(64-53(19-15-11-7-3)54(65-57)20-16-12-8-4)51-38-48(37-42(40-63)62(69)70)73-60(51)61(52)74-55/h21-34,37-39H,5-20,35-36H2,1-4H3,(H,69,70)/b42-37-. The predicted octanol–water partition coefficient (Wildman–Crippen LogP) is 18.2. The van der Waals surface area contributed by atoms with Gasteiger partial charge in [-0.3, -0.25) is 0 Å². The average Bonchev–Trinajstić information content (AvgIpc) is 4.25. The second-order valence-corrected chi connectivity index (χ2v) is 21.9. The molecular weight excluding hydrogens is 989 g/mol. The second-order valence-electron chi connectivity index (χ2n) is 19.3. The number of fused-ring (bicyclic) bond motifs is 7. The quantitative estimate of drug-likeness (QED) is 0.0301. The van der Waals surface area contributed by atoms with Crippen LogP contribution < -0.4 is 14.4 Å². The number of carboxylic acids is 1. The third-order valence-electron chi connectivity index (χ3n) is 13.8. The summed E-state index contributed by atoms with van der Waals surface area (Å²) in [7, 11) is 0. The van der Waals surface area contributed by atoms with Gasteiger partial charge in [-0.05, 0) is 123 Å². The summed E-state index contributed by atoms with van der Waals surface area (Å²) in [6.07, 6.45) is 19.1. The molecule has 0 bridgehead atoms. The van der Waals surface area contributed by atoms with Crippen molar-refractivity contribution in [2.75, 3.05) is 18.1 Å². The monoisotopic (exact) mass is 1050 g/mol. The van der Waals surface area contributed by atoms with E-state index in [4.69, 9.17) is 28.2 Å². The number of hydrogen-bond acceptors (Lipinski definition) is 12. The van der Waals surface area contributed by atoms with Gasteiger partial charge in [-0.1, -0.05) is 116 Å². The first-order chi connectivity index (χ1) is 36.8. The van der Waals surface area contributed by atoms with Crippen LogP contribution in [0.3, 0.4) is 0 Å². The van der Waals surface area contributed by atoms with E-state index in [-0.39, 0.29) is 5.57 Å². The van der Waals surface area contributed by atoms with Gasteiger partial charge in [0.2, 0.25) is 0 Å². The van der Waals surface area contributed by atoms with Gasteiger partial charge >= 0.3 is 5.97 Å². The Labute approximate surface area is 453 Å². The van der Waals surface area contributed by atoms with Crippen molar-refractivity contribution in [3.63, 3.8) is 0 Å². The fourth-order valence-electron chi connectivity index (χ4n) is 9.70. The predicted molar refractivity (Wildman–Crippen MR) is 314 cm³/mol. The lowest BCUT2D eigenvalue weighted by Gasteiger charge is -2.26. The average molecular weight is 1060 g/mol. The summed E-state index contributed by atoms with van der Waals surface area (Å²) in [5.74, 6) is 0.487. The van der Waals surface area contributed by atoms with Gasteiger partial charge in [-0.15, -0.1) is 22.7 Å². The van der Waals surface area contributed by atoms with Crippen LogP contribution in [0.4, 0.5) is 17.1 Å². The highest BCUT2D eigenvalue weighted by Gasteiger charge is 2.23. The van der Waals surface area contributed by atoms with Crippen molar-refractivity contribution in [3.05, 3.63) is 119 Å². The van der Waals surface area contributed by atoms with E-state index in [1.807, 2.05) is 12.1 Å². The van der Waals surface area contributed by atoms with Crippen LogP contribution in [0.25, 0.3) is 69.9 Å². The van der Waals surface area contributed by atoms with Gasteiger partial charge < -0.3 is 19.5 Å². The summed E-state index contributed by atoms with van der Waals surface area (Å²) in [5.41, 5.74) is 11.2. The summed E-state index contributed by atoms with van der Waals surface area (Å²) in [6.45, 7) is 10.3. The third kappa shape index (κ3) is 12.4. The smallest absolute Gasteiger partial charge is 0.346 e. The van der Waals surface area contributed by atoms with Crippen molar-refractivity contribution in [1.82, 2.24) is 18.7 Å². The number of aryl methyl sites for hydroxylation is 2. The number of anilines is 3. The van der Waals surface area contributed by atoms with Gasteiger partial charge in [0.15, 0.2) is 0 Å². The fraction of sp³-hybridized carbons (Fsp3) is 0.355. The Hall–Kier alpha value is -6.72. The van der Waals surface area contributed by atoms with Crippen molar-refractivity contribution in [1.29, 1.82) is 5.26 Å². The van der Waals surface area contributed by atoms with E-state index in [0.29, 0.717) is 18.1 Å². The number of benzene rings is 5. The Morgan fingerprint density at radius 2 is 1.07 bits per heavy atom. The number of aliphatic carboxylic acids is 1. The van der Waals surface area contributed by atoms with E-state index < -0.39 is 5.97 Å². The molecule has 0 spiro atoms. The zero-order valence-corrected chi connectivity index (χ0v) is 46.1. The number of carbonyl (C=O) groups is 1. The van der Waals surface area contributed by atoms with Gasteiger partial charge in [0, 0.05) is 48.7 Å². The SMILES string of the molecule is CCCCCCOc1ccc(N(c2ccc(OCCCCCC)cc2)c2ccc(-c3ccc(-c4cc5c6nc(CCCCC)c(CCCCC)nc6c6cc(/C=C(/C#N)C(=O)O)sc6c5s4)c4nsnc34)cc2)cc1. The number of hydrogen-bond donors (Lipinski definition) is 1. The van der Waals surface area contributed by atoms with Crippen LogP contribution in [-0.2, 0) is 17.6 Å². The Kier molecular flexibility index (Phi) is 18.2. The maximum absolute atomic E-state index is 12.0. The van der Waals surface area contributed by atoms with Crippen molar-refractivity contribution in [2.45, 2.75) is 130 Å². The number of nitriles is 1. The minimum Gasteiger partial charge on any atom is -0.494 e. The summed E-state index contributed by atoms with van der Waals surface area (Å²) >= 11 is 4.38. The third-order valence-corrected chi connectivity index (χ3v) is 16.7. The highest BCUT2D eigenvalue weighted by molar-refractivity contribution is 7.29. The molecule has 9 aromatic rings. The van der Waals surface area contributed by atoms with Crippen LogP contribution in [0.1, 0.15) is 134 Å². The molecule has 0 aliphatic rings. The molecule has 5 aromatic carbocycles. The number of aromatic nitrogens is 4. The van der Waals surface area contributed by atoms with Crippen LogP contribution in [0.2, 0.25) is 0 Å². The molecule has 0 fully saturated rings. The molecule has 386 valence electrons. The summed E-state index contributed by atoms with van der Waals surface area (Å²) in [5, 5.41) is 21.4. The molecule has 0 saturated carbocycles. The van der Waals surface area contributed by atoms with Gasteiger partial charge in [-0.25, -0.2) is 14.8 Å². The topological polar surface area (TPSA) is 134 Å². The molecule has 13 heteroatoms. The Morgan fingerprint density at radius 1 is 0.587 bits per heavy atom. The van der Waals surface area contributed by atoms with E-state index in [0.717, 1.165) is 168 Å². The van der Waals surface area contributed by atoms with E-state index in [1.165, 1.54) is 67.7 Å². The van der Waals surface area contributed by atoms with Crippen LogP contribution in [0.5, 0.6) is 11.5 Å². The zero-order chi connectivity index (χ0) is 52.1. The van der Waals surface area contributed by atoms with Crippen LogP contribution in [0, 0.1) is 11.3 Å². The molecule has 0 radical (unpaired) electrons. The van der Waals surface area contributed by atoms with Crippen molar-refractivity contribution >= 4 is 106 Å². The van der Waals surface area contributed by atoms with E-state index in [2.05, 4.69) is 124 Å². The Morgan fingerprint density at radius 3 is 1.59 bits per heavy atom. The maximum atomic E-state index is 12.0. The molecule has 0 saturated heterocycles. The number of rotatable bonds is 27. The van der Waals surface area contributed by atoms with Crippen LogP contribution >= 0.6 is 34.4 Å². The first-order valence-electron chi connectivity index (χ1n) is 27.0. The highest BCUT2D eigenvalue weighted by Crippen LogP contribution is 2.47. The zero-order valence-electron chi connectivity index (χ0n) is 43.6. The normalized spacial score (nSPS) is 11.8. The minimum absolute atomic E-state index is 0.308. The van der Waals surface area contributed by atoms with Gasteiger partial charge in [0.05, 0.1) is 56.8 Å². The molecule has 0 atom stereocenters. The first kappa shape index (κ1) is 53.1. The molecule has 0 aliphatic heterocycles. The molecule has 4 aromatic heterocycles. The number of unbranched alkanes of at least 4 members (excludes halogenated alkanes) is 10. The minimum atomic E-state index is -1.25. The lowest BCUT2D eigenvalue weighted by atomic mass is 10.00. The molecule has 9 rings (SSSR count). The first-order valence-corrected chi connectivity index (χ1v) is 29.3. The van der Waals surface area contributed by atoms with Gasteiger partial charge in [0.25, 0.3) is 0 Å². The molecule has 0 unspecified atom stereocenters. The fourth-order valence-corrected chi connectivity index (χ4v) is 12.7. The molecule has 0 amide bonds. The molecule has 10 nitrogen and oxygen atoms in total. The van der Waals surface area contributed by atoms with Crippen molar-refractivity contribution in [2.24, 2.45) is 0 Å².